The Balaban J connectivity index is 1.73. The van der Waals surface area contributed by atoms with Crippen molar-refractivity contribution in [3.63, 3.8) is 0 Å². The monoisotopic (exact) mass is 309 g/mol. The second kappa shape index (κ2) is 6.50. The molecule has 1 aromatic carbocycles. The van der Waals surface area contributed by atoms with Crippen molar-refractivity contribution in [1.29, 1.82) is 0 Å². The zero-order valence-electron chi connectivity index (χ0n) is 13.9. The van der Waals surface area contributed by atoms with Gasteiger partial charge in [0.25, 0.3) is 0 Å². The summed E-state index contributed by atoms with van der Waals surface area (Å²) >= 11 is 0. The van der Waals surface area contributed by atoms with Gasteiger partial charge in [0.1, 0.15) is 6.04 Å². The first kappa shape index (κ1) is 15.7. The maximum Gasteiger partial charge on any atom is 0.244 e. The number of pyridine rings is 1. The molecule has 1 saturated heterocycles. The van der Waals surface area contributed by atoms with E-state index >= 15 is 0 Å². The Morgan fingerprint density at radius 1 is 1.22 bits per heavy atom. The number of likely N-dealkylation sites (tertiary alicyclic amines) is 1. The summed E-state index contributed by atoms with van der Waals surface area (Å²) in [7, 11) is 3.93. The quantitative estimate of drug-likeness (QED) is 0.871. The second-order valence-electron chi connectivity index (χ2n) is 6.45. The molecule has 1 aromatic heterocycles. The van der Waals surface area contributed by atoms with Crippen molar-refractivity contribution >= 4 is 5.91 Å². The summed E-state index contributed by atoms with van der Waals surface area (Å²) in [5, 5.41) is 0. The maximum absolute atomic E-state index is 13.0. The minimum absolute atomic E-state index is 0.185. The summed E-state index contributed by atoms with van der Waals surface area (Å²) in [6.07, 6.45) is 3.68. The fourth-order valence-corrected chi connectivity index (χ4v) is 3.19. The summed E-state index contributed by atoms with van der Waals surface area (Å²) in [4.78, 5) is 21.1. The summed E-state index contributed by atoms with van der Waals surface area (Å²) in [6.45, 7) is 3.62. The van der Waals surface area contributed by atoms with Crippen LogP contribution < -0.4 is 0 Å². The number of aromatic nitrogens is 1. The summed E-state index contributed by atoms with van der Waals surface area (Å²) < 4.78 is 0. The molecular formula is C19H23N3O. The molecule has 1 fully saturated rings. The molecule has 4 nitrogen and oxygen atoms in total. The number of carbonyl (C=O) groups excluding carboxylic acids is 1. The molecule has 0 saturated carbocycles. The number of benzene rings is 1. The third kappa shape index (κ3) is 3.13. The van der Waals surface area contributed by atoms with Crippen LogP contribution in [-0.2, 0) is 4.79 Å². The van der Waals surface area contributed by atoms with Crippen LogP contribution in [-0.4, -0.2) is 47.9 Å². The third-order valence-corrected chi connectivity index (χ3v) is 4.58. The highest BCUT2D eigenvalue weighted by molar-refractivity contribution is 5.84. The van der Waals surface area contributed by atoms with Crippen LogP contribution in [0, 0.1) is 6.92 Å². The molecule has 120 valence electrons. The predicted molar refractivity (Wildman–Crippen MR) is 91.2 cm³/mol. The van der Waals surface area contributed by atoms with E-state index in [4.69, 9.17) is 0 Å². The largest absolute Gasteiger partial charge is 0.340 e. The Morgan fingerprint density at radius 2 is 1.96 bits per heavy atom. The lowest BCUT2D eigenvalue weighted by atomic mass is 9.90. The summed E-state index contributed by atoms with van der Waals surface area (Å²) in [5.41, 5.74) is 3.46. The van der Waals surface area contributed by atoms with Crippen LogP contribution in [0.5, 0.6) is 0 Å². The van der Waals surface area contributed by atoms with Crippen LogP contribution in [0.2, 0.25) is 0 Å². The number of aryl methyl sites for hydroxylation is 1. The van der Waals surface area contributed by atoms with Gasteiger partial charge in [0.2, 0.25) is 5.91 Å². The van der Waals surface area contributed by atoms with Gasteiger partial charge in [0.05, 0.1) is 0 Å². The van der Waals surface area contributed by atoms with E-state index in [0.717, 1.165) is 24.2 Å². The molecule has 3 rings (SSSR count). The van der Waals surface area contributed by atoms with Gasteiger partial charge in [-0.3, -0.25) is 14.7 Å². The fraction of sp³-hybridized carbons (Fsp3) is 0.368. The number of nitrogens with zero attached hydrogens (tertiary/aromatic N) is 3. The van der Waals surface area contributed by atoms with Crippen LogP contribution >= 0.6 is 0 Å². The highest BCUT2D eigenvalue weighted by Gasteiger charge is 2.37. The first-order valence-corrected chi connectivity index (χ1v) is 7.98. The highest BCUT2D eigenvalue weighted by Crippen LogP contribution is 2.31. The maximum atomic E-state index is 13.0. The van der Waals surface area contributed by atoms with Crippen LogP contribution in [0.1, 0.15) is 28.7 Å². The second-order valence-corrected chi connectivity index (χ2v) is 6.45. The van der Waals surface area contributed by atoms with Crippen molar-refractivity contribution in [3.05, 3.63) is 65.5 Å². The van der Waals surface area contributed by atoms with Crippen LogP contribution in [0.15, 0.2) is 48.8 Å². The minimum atomic E-state index is -0.217. The molecule has 1 amide bonds. The van der Waals surface area contributed by atoms with E-state index in [0.29, 0.717) is 5.92 Å². The van der Waals surface area contributed by atoms with Gasteiger partial charge < -0.3 is 4.90 Å². The van der Waals surface area contributed by atoms with Crippen molar-refractivity contribution in [1.82, 2.24) is 14.8 Å². The molecular weight excluding hydrogens is 286 g/mol. The van der Waals surface area contributed by atoms with Crippen LogP contribution in [0.3, 0.4) is 0 Å². The van der Waals surface area contributed by atoms with Crippen LogP contribution in [0.25, 0.3) is 0 Å². The molecule has 2 heterocycles. The topological polar surface area (TPSA) is 36.4 Å². The Kier molecular flexibility index (Phi) is 4.44. The van der Waals surface area contributed by atoms with Crippen molar-refractivity contribution in [2.45, 2.75) is 18.9 Å². The lowest BCUT2D eigenvalue weighted by Crippen LogP contribution is -2.52. The standard InChI is InChI=1S/C19H23N3O/c1-14-7-4-5-9-17(14)18(21(2)3)19(23)22-12-16(13-22)15-8-6-10-20-11-15/h4-11,16,18H,12-13H2,1-3H3. The average molecular weight is 309 g/mol. The molecule has 1 aliphatic heterocycles. The summed E-state index contributed by atoms with van der Waals surface area (Å²) in [5.74, 6) is 0.594. The van der Waals surface area contributed by atoms with Gasteiger partial charge in [-0.1, -0.05) is 30.3 Å². The smallest absolute Gasteiger partial charge is 0.244 e. The minimum Gasteiger partial charge on any atom is -0.340 e. The Bertz CT molecular complexity index is 678. The first-order chi connectivity index (χ1) is 11.1. The van der Waals surface area contributed by atoms with E-state index in [-0.39, 0.29) is 11.9 Å². The van der Waals surface area contributed by atoms with Gasteiger partial charge >= 0.3 is 0 Å². The molecule has 1 atom stereocenters. The van der Waals surface area contributed by atoms with E-state index in [1.807, 2.05) is 48.3 Å². The van der Waals surface area contributed by atoms with E-state index in [1.54, 1.807) is 6.20 Å². The number of hydrogen-bond donors (Lipinski definition) is 0. The molecule has 0 N–H and O–H groups in total. The fourth-order valence-electron chi connectivity index (χ4n) is 3.19. The molecule has 4 heteroatoms. The van der Waals surface area contributed by atoms with Gasteiger partial charge in [0.15, 0.2) is 0 Å². The number of likely N-dealkylation sites (N-methyl/N-ethyl adjacent to an activating group) is 1. The molecule has 0 aliphatic carbocycles. The Hall–Kier alpha value is -2.20. The molecule has 0 bridgehead atoms. The van der Waals surface area contributed by atoms with E-state index in [1.165, 1.54) is 5.56 Å². The zero-order chi connectivity index (χ0) is 16.4. The molecule has 0 radical (unpaired) electrons. The lowest BCUT2D eigenvalue weighted by molar-refractivity contribution is -0.141. The van der Waals surface area contributed by atoms with Gasteiger partial charge in [-0.25, -0.2) is 0 Å². The first-order valence-electron chi connectivity index (χ1n) is 7.98. The van der Waals surface area contributed by atoms with Gasteiger partial charge in [-0.2, -0.15) is 0 Å². The molecule has 1 unspecified atom stereocenters. The van der Waals surface area contributed by atoms with Crippen molar-refractivity contribution in [2.75, 3.05) is 27.2 Å². The normalized spacial score (nSPS) is 16.3. The van der Waals surface area contributed by atoms with Crippen molar-refractivity contribution < 1.29 is 4.79 Å². The number of rotatable bonds is 4. The van der Waals surface area contributed by atoms with Crippen molar-refractivity contribution in [2.24, 2.45) is 0 Å². The van der Waals surface area contributed by atoms with Gasteiger partial charge in [0, 0.05) is 31.4 Å². The molecule has 23 heavy (non-hydrogen) atoms. The predicted octanol–water partition coefficient (Wildman–Crippen LogP) is 2.62. The van der Waals surface area contributed by atoms with E-state index in [9.17, 15) is 4.79 Å². The Morgan fingerprint density at radius 3 is 2.57 bits per heavy atom. The molecule has 1 aliphatic rings. The third-order valence-electron chi connectivity index (χ3n) is 4.58. The van der Waals surface area contributed by atoms with E-state index < -0.39 is 0 Å². The SMILES string of the molecule is Cc1ccccc1C(C(=O)N1CC(c2cccnc2)C1)N(C)C. The van der Waals surface area contributed by atoms with E-state index in [2.05, 4.69) is 30.1 Å². The molecule has 0 spiro atoms. The zero-order valence-corrected chi connectivity index (χ0v) is 13.9. The highest BCUT2D eigenvalue weighted by atomic mass is 16.2. The molecule has 2 aromatic rings. The van der Waals surface area contributed by atoms with Gasteiger partial charge in [-0.15, -0.1) is 0 Å². The number of carbonyl (C=O) groups is 1. The number of hydrogen-bond acceptors (Lipinski definition) is 3. The average Bonchev–Trinajstić information content (AvgIpc) is 2.49. The number of amides is 1. The van der Waals surface area contributed by atoms with Crippen LogP contribution in [0.4, 0.5) is 0 Å². The Labute approximate surface area is 137 Å². The lowest BCUT2D eigenvalue weighted by Gasteiger charge is -2.42. The summed E-state index contributed by atoms with van der Waals surface area (Å²) in [6, 6.07) is 12.0. The van der Waals surface area contributed by atoms with Gasteiger partial charge in [-0.05, 0) is 43.8 Å². The van der Waals surface area contributed by atoms with Crippen molar-refractivity contribution in [3.8, 4) is 0 Å².